The summed E-state index contributed by atoms with van der Waals surface area (Å²) >= 11 is 0. The molecular formula is C30H30N8O3. The Labute approximate surface area is 237 Å². The molecule has 208 valence electrons. The highest BCUT2D eigenvalue weighted by Gasteiger charge is 2.33. The van der Waals surface area contributed by atoms with Crippen LogP contribution in [0.5, 0.6) is 0 Å². The van der Waals surface area contributed by atoms with Crippen molar-refractivity contribution >= 4 is 34.8 Å². The van der Waals surface area contributed by atoms with E-state index in [1.54, 1.807) is 35.2 Å². The number of anilines is 2. The van der Waals surface area contributed by atoms with Crippen molar-refractivity contribution in [2.45, 2.75) is 19.9 Å². The molecule has 1 aliphatic rings. The number of tetrazole rings is 1. The molecule has 5 rings (SSSR count). The van der Waals surface area contributed by atoms with Crippen LogP contribution < -0.4 is 15.5 Å². The Morgan fingerprint density at radius 3 is 2.32 bits per heavy atom. The lowest BCUT2D eigenvalue weighted by atomic mass is 9.95. The minimum absolute atomic E-state index is 0.148. The fourth-order valence-electron chi connectivity index (χ4n) is 4.80. The summed E-state index contributed by atoms with van der Waals surface area (Å²) in [4.78, 5) is 43.5. The monoisotopic (exact) mass is 550 g/mol. The van der Waals surface area contributed by atoms with Crippen molar-refractivity contribution < 1.29 is 14.4 Å². The number of carbonyl (C=O) groups excluding carboxylic acids is 3. The molecule has 0 saturated carbocycles. The van der Waals surface area contributed by atoms with Gasteiger partial charge in [0.1, 0.15) is 12.6 Å². The summed E-state index contributed by atoms with van der Waals surface area (Å²) in [6, 6.07) is 22.5. The summed E-state index contributed by atoms with van der Waals surface area (Å²) in [6.45, 7) is 4.71. The first-order valence-corrected chi connectivity index (χ1v) is 13.4. The van der Waals surface area contributed by atoms with E-state index in [-0.39, 0.29) is 12.5 Å². The predicted octanol–water partition coefficient (Wildman–Crippen LogP) is 3.70. The molecule has 3 aromatic carbocycles. The van der Waals surface area contributed by atoms with Crippen LogP contribution in [0.2, 0.25) is 0 Å². The highest BCUT2D eigenvalue weighted by Crippen LogP contribution is 2.35. The number of para-hydroxylation sites is 1. The molecule has 1 aromatic heterocycles. The number of aromatic amines is 1. The van der Waals surface area contributed by atoms with E-state index in [4.69, 9.17) is 0 Å². The third-order valence-electron chi connectivity index (χ3n) is 6.89. The van der Waals surface area contributed by atoms with E-state index in [0.717, 1.165) is 22.3 Å². The number of amides is 4. The van der Waals surface area contributed by atoms with Crippen molar-refractivity contribution in [2.24, 2.45) is 0 Å². The molecule has 0 aliphatic carbocycles. The van der Waals surface area contributed by atoms with E-state index in [1.807, 2.05) is 68.4 Å². The second kappa shape index (κ2) is 12.2. The van der Waals surface area contributed by atoms with E-state index in [1.165, 1.54) is 4.90 Å². The van der Waals surface area contributed by atoms with Gasteiger partial charge in [-0.3, -0.25) is 9.59 Å². The summed E-state index contributed by atoms with van der Waals surface area (Å²) in [5.74, 6) is -0.0821. The van der Waals surface area contributed by atoms with Gasteiger partial charge in [0.25, 0.3) is 5.91 Å². The van der Waals surface area contributed by atoms with Gasteiger partial charge >= 0.3 is 6.03 Å². The molecule has 4 amide bonds. The van der Waals surface area contributed by atoms with Gasteiger partial charge in [-0.05, 0) is 71.8 Å². The lowest BCUT2D eigenvalue weighted by Gasteiger charge is -2.28. The van der Waals surface area contributed by atoms with Crippen molar-refractivity contribution in [3.05, 3.63) is 96.1 Å². The highest BCUT2D eigenvalue weighted by molar-refractivity contribution is 6.09. The Kier molecular flexibility index (Phi) is 8.14. The Morgan fingerprint density at radius 2 is 1.63 bits per heavy atom. The largest absolute Gasteiger partial charge is 0.342 e. The van der Waals surface area contributed by atoms with Crippen LogP contribution in [0.15, 0.2) is 84.9 Å². The number of hydrogen-bond acceptors (Lipinski definition) is 6. The number of urea groups is 1. The maximum absolute atomic E-state index is 14.0. The van der Waals surface area contributed by atoms with Crippen LogP contribution in [0, 0.1) is 0 Å². The fourth-order valence-corrected chi connectivity index (χ4v) is 4.80. The fraction of sp³-hybridized carbons (Fsp3) is 0.200. The second-order valence-corrected chi connectivity index (χ2v) is 9.36. The van der Waals surface area contributed by atoms with Gasteiger partial charge in [-0.15, -0.1) is 5.10 Å². The number of hydrogen-bond donors (Lipinski definition) is 3. The normalized spacial score (nSPS) is 14.5. The van der Waals surface area contributed by atoms with Crippen LogP contribution in [0.1, 0.15) is 25.0 Å². The standard InChI is InChI=1S/C30H30N8O3/c1-3-37(4-2)27(39)19-38-26-13-9-8-12-23(26)24(20-10-6-5-7-11-20)18-25(29(38)40)32-30(41)31-22-16-14-21(15-17-22)28-33-35-36-34-28/h5-18,25H,3-4,19H2,1-2H3,(H2,31,32,41)(H,33,34,35,36). The van der Waals surface area contributed by atoms with Crippen LogP contribution in [-0.4, -0.2) is 69.0 Å². The molecule has 11 heteroatoms. The molecule has 1 atom stereocenters. The third kappa shape index (κ3) is 5.98. The molecule has 0 saturated heterocycles. The lowest BCUT2D eigenvalue weighted by Crippen LogP contribution is -2.51. The second-order valence-electron chi connectivity index (χ2n) is 9.36. The molecule has 4 aromatic rings. The van der Waals surface area contributed by atoms with Crippen molar-refractivity contribution in [1.29, 1.82) is 0 Å². The quantitative estimate of drug-likeness (QED) is 0.306. The highest BCUT2D eigenvalue weighted by atomic mass is 16.2. The molecule has 1 unspecified atom stereocenters. The minimum atomic E-state index is -1.04. The van der Waals surface area contributed by atoms with Gasteiger partial charge in [-0.25, -0.2) is 9.89 Å². The molecule has 41 heavy (non-hydrogen) atoms. The molecule has 3 N–H and O–H groups in total. The third-order valence-corrected chi connectivity index (χ3v) is 6.89. The van der Waals surface area contributed by atoms with E-state index >= 15 is 0 Å². The zero-order valence-electron chi connectivity index (χ0n) is 22.7. The number of H-pyrrole nitrogens is 1. The number of aromatic nitrogens is 4. The first-order valence-electron chi connectivity index (χ1n) is 13.4. The molecule has 0 spiro atoms. The van der Waals surface area contributed by atoms with Gasteiger partial charge in [0.05, 0.1) is 5.69 Å². The van der Waals surface area contributed by atoms with Gasteiger partial charge in [0, 0.05) is 29.9 Å². The predicted molar refractivity (Wildman–Crippen MR) is 156 cm³/mol. The van der Waals surface area contributed by atoms with Crippen molar-refractivity contribution in [3.8, 4) is 11.4 Å². The zero-order chi connectivity index (χ0) is 28.8. The number of nitrogens with zero attached hydrogens (tertiary/aromatic N) is 5. The summed E-state index contributed by atoms with van der Waals surface area (Å²) < 4.78 is 0. The summed E-state index contributed by atoms with van der Waals surface area (Å²) in [6.07, 6.45) is 1.75. The molecular weight excluding hydrogens is 520 g/mol. The minimum Gasteiger partial charge on any atom is -0.342 e. The Bertz CT molecular complexity index is 1550. The average Bonchev–Trinajstić information content (AvgIpc) is 3.51. The number of fused-ring (bicyclic) bond motifs is 1. The summed E-state index contributed by atoms with van der Waals surface area (Å²) in [7, 11) is 0. The van der Waals surface area contributed by atoms with Gasteiger partial charge in [0.15, 0.2) is 5.82 Å². The molecule has 0 radical (unpaired) electrons. The summed E-state index contributed by atoms with van der Waals surface area (Å²) in [5, 5.41) is 19.3. The Hall–Kier alpha value is -5.32. The molecule has 11 nitrogen and oxygen atoms in total. The lowest BCUT2D eigenvalue weighted by molar-refractivity contribution is -0.131. The van der Waals surface area contributed by atoms with Gasteiger partial charge in [-0.1, -0.05) is 48.5 Å². The van der Waals surface area contributed by atoms with Gasteiger partial charge < -0.3 is 20.4 Å². The molecule has 0 bridgehead atoms. The Balaban J connectivity index is 1.46. The number of likely N-dealkylation sites (N-methyl/N-ethyl adjacent to an activating group) is 1. The topological polar surface area (TPSA) is 136 Å². The SMILES string of the molecule is CCN(CC)C(=O)CN1C(=O)C(NC(=O)Nc2ccc(-c3nnn[nH]3)cc2)C=C(c2ccccc2)c2ccccc21. The van der Waals surface area contributed by atoms with E-state index in [2.05, 4.69) is 31.3 Å². The molecule has 2 heterocycles. The first kappa shape index (κ1) is 27.3. The van der Waals surface area contributed by atoms with E-state index in [9.17, 15) is 14.4 Å². The molecule has 1 aliphatic heterocycles. The average molecular weight is 551 g/mol. The van der Waals surface area contributed by atoms with E-state index < -0.39 is 18.0 Å². The summed E-state index contributed by atoms with van der Waals surface area (Å²) in [5.41, 5.74) is 4.33. The van der Waals surface area contributed by atoms with Crippen LogP contribution in [0.25, 0.3) is 17.0 Å². The van der Waals surface area contributed by atoms with Gasteiger partial charge in [0.2, 0.25) is 5.91 Å². The van der Waals surface area contributed by atoms with Crippen LogP contribution >= 0.6 is 0 Å². The smallest absolute Gasteiger partial charge is 0.320 e. The first-order chi connectivity index (χ1) is 20.0. The van der Waals surface area contributed by atoms with Crippen molar-refractivity contribution in [1.82, 2.24) is 30.8 Å². The zero-order valence-corrected chi connectivity index (χ0v) is 22.7. The van der Waals surface area contributed by atoms with Crippen LogP contribution in [0.3, 0.4) is 0 Å². The maximum Gasteiger partial charge on any atom is 0.320 e. The van der Waals surface area contributed by atoms with Gasteiger partial charge in [-0.2, -0.15) is 0 Å². The van der Waals surface area contributed by atoms with E-state index in [0.29, 0.717) is 30.3 Å². The van der Waals surface area contributed by atoms with Crippen molar-refractivity contribution in [2.75, 3.05) is 29.9 Å². The number of rotatable bonds is 8. The number of benzene rings is 3. The molecule has 0 fully saturated rings. The maximum atomic E-state index is 14.0. The van der Waals surface area contributed by atoms with Crippen molar-refractivity contribution in [3.63, 3.8) is 0 Å². The number of carbonyl (C=O) groups is 3. The van der Waals surface area contributed by atoms with Crippen LogP contribution in [0.4, 0.5) is 16.2 Å². The van der Waals surface area contributed by atoms with Crippen LogP contribution in [-0.2, 0) is 9.59 Å². The number of nitrogens with one attached hydrogen (secondary N) is 3. The Morgan fingerprint density at radius 1 is 0.927 bits per heavy atom.